The van der Waals surface area contributed by atoms with Gasteiger partial charge in [-0.1, -0.05) is 0 Å². The van der Waals surface area contributed by atoms with Gasteiger partial charge in [0, 0.05) is 19.1 Å². The maximum Gasteiger partial charge on any atom is 0.388 e. The SMILES string of the molecule is FC(F)Oc1cc(Nc2cnc3cnn(CC4(F)CCOC4)c3n2)[nH]n1. The monoisotopic (exact) mass is 369 g/mol. The Bertz CT molecular complexity index is 907. The summed E-state index contributed by atoms with van der Waals surface area (Å²) in [5.74, 6) is 0.329. The molecule has 26 heavy (non-hydrogen) atoms. The lowest BCUT2D eigenvalue weighted by Gasteiger charge is -2.17. The molecule has 0 aliphatic carbocycles. The fourth-order valence-electron chi connectivity index (χ4n) is 2.66. The Hall–Kier alpha value is -2.89. The average molecular weight is 369 g/mol. The number of ether oxygens (including phenoxy) is 2. The van der Waals surface area contributed by atoms with E-state index in [0.717, 1.165) is 0 Å². The predicted octanol–water partition coefficient (Wildman–Crippen LogP) is 2.02. The molecule has 4 heterocycles. The highest BCUT2D eigenvalue weighted by Gasteiger charge is 2.36. The van der Waals surface area contributed by atoms with Gasteiger partial charge >= 0.3 is 6.61 Å². The molecule has 9 nitrogen and oxygen atoms in total. The molecule has 2 N–H and O–H groups in total. The molecule has 4 rings (SSSR count). The van der Waals surface area contributed by atoms with Crippen molar-refractivity contribution >= 4 is 22.8 Å². The third-order valence-electron chi connectivity index (χ3n) is 3.86. The molecule has 1 unspecified atom stereocenters. The maximum atomic E-state index is 14.6. The molecule has 0 aromatic carbocycles. The van der Waals surface area contributed by atoms with E-state index in [-0.39, 0.29) is 24.8 Å². The van der Waals surface area contributed by atoms with Crippen molar-refractivity contribution in [3.63, 3.8) is 0 Å². The molecular formula is C14H14F3N7O2. The first-order valence-electron chi connectivity index (χ1n) is 7.73. The average Bonchev–Trinajstić information content (AvgIpc) is 3.30. The van der Waals surface area contributed by atoms with Gasteiger partial charge < -0.3 is 14.8 Å². The lowest BCUT2D eigenvalue weighted by Crippen LogP contribution is -2.30. The largest absolute Gasteiger partial charge is 0.415 e. The van der Waals surface area contributed by atoms with Gasteiger partial charge in [0.15, 0.2) is 17.1 Å². The number of aromatic amines is 1. The van der Waals surface area contributed by atoms with Gasteiger partial charge in [-0.2, -0.15) is 13.9 Å². The summed E-state index contributed by atoms with van der Waals surface area (Å²) in [6.07, 6.45) is 3.23. The molecule has 0 saturated carbocycles. The minimum atomic E-state index is -2.97. The standard InChI is InChI=1S/C14H14F3N7O2/c15-13(16)26-11-3-9(22-23-11)20-10-5-18-8-4-19-24(12(8)21-10)6-14(17)1-2-25-7-14/h3-5,13H,1-2,6-7H2,(H2,20,21,22,23). The zero-order valence-corrected chi connectivity index (χ0v) is 13.3. The Morgan fingerprint density at radius 3 is 3.08 bits per heavy atom. The molecule has 0 amide bonds. The molecule has 1 fully saturated rings. The molecule has 3 aromatic rings. The fourth-order valence-corrected chi connectivity index (χ4v) is 2.66. The summed E-state index contributed by atoms with van der Waals surface area (Å²) in [6.45, 7) is -2.58. The van der Waals surface area contributed by atoms with Crippen LogP contribution in [0.4, 0.5) is 24.8 Å². The van der Waals surface area contributed by atoms with Crippen molar-refractivity contribution in [2.45, 2.75) is 25.2 Å². The zero-order chi connectivity index (χ0) is 18.1. The van der Waals surface area contributed by atoms with E-state index < -0.39 is 12.3 Å². The Morgan fingerprint density at radius 1 is 1.42 bits per heavy atom. The van der Waals surface area contributed by atoms with E-state index in [9.17, 15) is 13.2 Å². The fraction of sp³-hybridized carbons (Fsp3) is 0.429. The Balaban J connectivity index is 1.55. The van der Waals surface area contributed by atoms with Gasteiger partial charge in [-0.15, -0.1) is 5.10 Å². The van der Waals surface area contributed by atoms with Crippen LogP contribution in [0.5, 0.6) is 5.88 Å². The number of nitrogens with one attached hydrogen (secondary N) is 2. The van der Waals surface area contributed by atoms with Crippen LogP contribution in [0.25, 0.3) is 11.2 Å². The van der Waals surface area contributed by atoms with Gasteiger partial charge in [0.2, 0.25) is 5.88 Å². The molecule has 1 aliphatic heterocycles. The summed E-state index contributed by atoms with van der Waals surface area (Å²) >= 11 is 0. The second-order valence-corrected chi connectivity index (χ2v) is 5.84. The van der Waals surface area contributed by atoms with Gasteiger partial charge in [0.1, 0.15) is 11.3 Å². The molecule has 0 spiro atoms. The van der Waals surface area contributed by atoms with Gasteiger partial charge in [-0.25, -0.2) is 19.0 Å². The summed E-state index contributed by atoms with van der Waals surface area (Å²) < 4.78 is 49.7. The third-order valence-corrected chi connectivity index (χ3v) is 3.86. The van der Waals surface area contributed by atoms with E-state index in [0.29, 0.717) is 30.0 Å². The zero-order valence-electron chi connectivity index (χ0n) is 13.3. The highest BCUT2D eigenvalue weighted by Crippen LogP contribution is 2.26. The van der Waals surface area contributed by atoms with Crippen LogP contribution in [0.15, 0.2) is 18.5 Å². The van der Waals surface area contributed by atoms with Crippen LogP contribution in [0, 0.1) is 0 Å². The van der Waals surface area contributed by atoms with Crippen LogP contribution in [-0.2, 0) is 11.3 Å². The number of hydrogen-bond donors (Lipinski definition) is 2. The number of rotatable bonds is 6. The van der Waals surface area contributed by atoms with Crippen LogP contribution >= 0.6 is 0 Å². The summed E-state index contributed by atoms with van der Waals surface area (Å²) in [5, 5.41) is 13.0. The number of alkyl halides is 3. The number of H-pyrrole nitrogens is 1. The molecule has 1 saturated heterocycles. The van der Waals surface area contributed by atoms with E-state index in [1.54, 1.807) is 0 Å². The molecular weight excluding hydrogens is 355 g/mol. The number of anilines is 2. The van der Waals surface area contributed by atoms with Crippen molar-refractivity contribution in [2.75, 3.05) is 18.5 Å². The first kappa shape index (κ1) is 16.6. The summed E-state index contributed by atoms with van der Waals surface area (Å²) in [4.78, 5) is 8.56. The smallest absolute Gasteiger partial charge is 0.388 e. The maximum absolute atomic E-state index is 14.6. The second-order valence-electron chi connectivity index (χ2n) is 5.84. The molecule has 12 heteroatoms. The first-order chi connectivity index (χ1) is 12.5. The van der Waals surface area contributed by atoms with Crippen LogP contribution < -0.4 is 10.1 Å². The highest BCUT2D eigenvalue weighted by molar-refractivity contribution is 5.72. The Labute approximate surface area is 144 Å². The Morgan fingerprint density at radius 2 is 2.31 bits per heavy atom. The molecule has 0 radical (unpaired) electrons. The molecule has 1 atom stereocenters. The van der Waals surface area contributed by atoms with Gasteiger partial charge in [-0.05, 0) is 0 Å². The number of halogens is 3. The molecule has 138 valence electrons. The molecule has 1 aliphatic rings. The minimum Gasteiger partial charge on any atom is -0.415 e. The van der Waals surface area contributed by atoms with Crippen molar-refractivity contribution in [3.05, 3.63) is 18.5 Å². The third kappa shape index (κ3) is 3.40. The van der Waals surface area contributed by atoms with E-state index in [1.165, 1.54) is 23.1 Å². The lowest BCUT2D eigenvalue weighted by molar-refractivity contribution is -0.0528. The van der Waals surface area contributed by atoms with Gasteiger partial charge in [-0.3, -0.25) is 5.10 Å². The quantitative estimate of drug-likeness (QED) is 0.685. The van der Waals surface area contributed by atoms with E-state index >= 15 is 0 Å². The van der Waals surface area contributed by atoms with Crippen molar-refractivity contribution in [2.24, 2.45) is 0 Å². The van der Waals surface area contributed by atoms with Crippen molar-refractivity contribution in [3.8, 4) is 5.88 Å². The Kier molecular flexibility index (Phi) is 4.11. The lowest BCUT2D eigenvalue weighted by atomic mass is 10.1. The van der Waals surface area contributed by atoms with E-state index in [1.807, 2.05) is 0 Å². The first-order valence-corrected chi connectivity index (χ1v) is 7.73. The summed E-state index contributed by atoms with van der Waals surface area (Å²) in [7, 11) is 0. The number of nitrogens with zero attached hydrogens (tertiary/aromatic N) is 5. The highest BCUT2D eigenvalue weighted by atomic mass is 19.3. The number of aromatic nitrogens is 6. The summed E-state index contributed by atoms with van der Waals surface area (Å²) in [6, 6.07) is 1.25. The van der Waals surface area contributed by atoms with E-state index in [4.69, 9.17) is 4.74 Å². The van der Waals surface area contributed by atoms with Crippen molar-refractivity contribution in [1.82, 2.24) is 29.9 Å². The van der Waals surface area contributed by atoms with Crippen molar-refractivity contribution in [1.29, 1.82) is 0 Å². The summed E-state index contributed by atoms with van der Waals surface area (Å²) in [5.41, 5.74) is -0.596. The van der Waals surface area contributed by atoms with Crippen LogP contribution in [0.2, 0.25) is 0 Å². The number of hydrogen-bond acceptors (Lipinski definition) is 7. The predicted molar refractivity (Wildman–Crippen MR) is 83.1 cm³/mol. The van der Waals surface area contributed by atoms with E-state index in [2.05, 4.69) is 35.3 Å². The molecule has 3 aromatic heterocycles. The van der Waals surface area contributed by atoms with Crippen molar-refractivity contribution < 1.29 is 22.6 Å². The topological polar surface area (TPSA) is 103 Å². The molecule has 0 bridgehead atoms. The van der Waals surface area contributed by atoms with Crippen LogP contribution in [0.3, 0.4) is 0 Å². The normalized spacial score (nSPS) is 20.2. The van der Waals surface area contributed by atoms with Gasteiger partial charge in [0.05, 0.1) is 25.5 Å². The van der Waals surface area contributed by atoms with Crippen LogP contribution in [0.1, 0.15) is 6.42 Å². The second kappa shape index (κ2) is 6.44. The minimum absolute atomic E-state index is 0.00503. The van der Waals surface area contributed by atoms with Crippen LogP contribution in [-0.4, -0.2) is 55.4 Å². The van der Waals surface area contributed by atoms with Gasteiger partial charge in [0.25, 0.3) is 0 Å². The number of fused-ring (bicyclic) bond motifs is 1.